The first-order valence-electron chi connectivity index (χ1n) is 7.82. The van der Waals surface area contributed by atoms with E-state index in [0.717, 1.165) is 35.4 Å². The zero-order valence-electron chi connectivity index (χ0n) is 12.8. The van der Waals surface area contributed by atoms with Gasteiger partial charge in [0.2, 0.25) is 5.95 Å². The normalized spacial score (nSPS) is 19.9. The second kappa shape index (κ2) is 5.49. The smallest absolute Gasteiger partial charge is 0.248 e. The SMILES string of the molecule is CCOc1ccc([C@@H]2C3=C(CCCC3=O)Nc3nnnn32)cc1. The van der Waals surface area contributed by atoms with Gasteiger partial charge in [0.15, 0.2) is 5.78 Å². The van der Waals surface area contributed by atoms with Crippen LogP contribution in [0.5, 0.6) is 5.75 Å². The zero-order chi connectivity index (χ0) is 15.8. The van der Waals surface area contributed by atoms with Gasteiger partial charge in [-0.3, -0.25) is 4.79 Å². The molecule has 0 fully saturated rings. The number of nitrogens with zero attached hydrogens (tertiary/aromatic N) is 4. The lowest BCUT2D eigenvalue weighted by molar-refractivity contribution is -0.116. The van der Waals surface area contributed by atoms with Gasteiger partial charge in [-0.2, -0.15) is 4.68 Å². The number of rotatable bonds is 3. The van der Waals surface area contributed by atoms with Crippen LogP contribution in [-0.2, 0) is 4.79 Å². The molecule has 0 bridgehead atoms. The Balaban J connectivity index is 1.81. The number of hydrogen-bond acceptors (Lipinski definition) is 6. The highest BCUT2D eigenvalue weighted by Crippen LogP contribution is 2.39. The molecular weight excluding hydrogens is 294 g/mol. The second-order valence-corrected chi connectivity index (χ2v) is 5.65. The highest BCUT2D eigenvalue weighted by Gasteiger charge is 2.36. The van der Waals surface area contributed by atoms with Crippen LogP contribution in [0.15, 0.2) is 35.5 Å². The quantitative estimate of drug-likeness (QED) is 0.934. The topological polar surface area (TPSA) is 81.9 Å². The Labute approximate surface area is 133 Å². The Morgan fingerprint density at radius 2 is 2.13 bits per heavy atom. The highest BCUT2D eigenvalue weighted by atomic mass is 16.5. The van der Waals surface area contributed by atoms with Crippen LogP contribution in [0.2, 0.25) is 0 Å². The van der Waals surface area contributed by atoms with E-state index in [1.807, 2.05) is 31.2 Å². The summed E-state index contributed by atoms with van der Waals surface area (Å²) in [6, 6.07) is 7.49. The van der Waals surface area contributed by atoms with Crippen LogP contribution in [0.4, 0.5) is 5.95 Å². The molecule has 2 heterocycles. The Morgan fingerprint density at radius 3 is 2.91 bits per heavy atom. The van der Waals surface area contributed by atoms with Crippen molar-refractivity contribution in [1.82, 2.24) is 20.2 Å². The fraction of sp³-hybridized carbons (Fsp3) is 0.375. The van der Waals surface area contributed by atoms with Crippen LogP contribution >= 0.6 is 0 Å². The molecule has 2 aromatic rings. The number of anilines is 1. The summed E-state index contributed by atoms with van der Waals surface area (Å²) in [7, 11) is 0. The Kier molecular flexibility index (Phi) is 3.33. The Morgan fingerprint density at radius 1 is 1.30 bits per heavy atom. The molecule has 0 saturated carbocycles. The number of carbonyl (C=O) groups excluding carboxylic acids is 1. The van der Waals surface area contributed by atoms with E-state index in [0.29, 0.717) is 19.0 Å². The van der Waals surface area contributed by atoms with Crippen LogP contribution in [0.3, 0.4) is 0 Å². The first-order valence-corrected chi connectivity index (χ1v) is 7.82. The molecule has 7 nitrogen and oxygen atoms in total. The molecule has 4 rings (SSSR count). The summed E-state index contributed by atoms with van der Waals surface area (Å²) in [5, 5.41) is 15.0. The molecule has 118 valence electrons. The van der Waals surface area contributed by atoms with E-state index in [-0.39, 0.29) is 11.8 Å². The molecule has 1 aromatic heterocycles. The molecule has 1 N–H and O–H groups in total. The van der Waals surface area contributed by atoms with E-state index in [2.05, 4.69) is 20.8 Å². The standard InChI is InChI=1S/C16H17N5O2/c1-2-23-11-8-6-10(7-9-11)15-14-12(4-3-5-13(14)22)17-16-18-19-20-21(15)16/h6-9,15H,2-5H2,1H3,(H,17,18,20)/t15-/m1/s1. The predicted octanol–water partition coefficient (Wildman–Crippen LogP) is 2.09. The number of hydrogen-bond donors (Lipinski definition) is 1. The average molecular weight is 311 g/mol. The monoisotopic (exact) mass is 311 g/mol. The van der Waals surface area contributed by atoms with Crippen molar-refractivity contribution >= 4 is 11.7 Å². The molecule has 2 aliphatic rings. The molecule has 0 spiro atoms. The number of tetrazole rings is 1. The number of Topliss-reactive ketones (excluding diaryl/α,β-unsaturated/α-hetero) is 1. The summed E-state index contributed by atoms with van der Waals surface area (Å²) < 4.78 is 7.17. The molecule has 1 aliphatic carbocycles. The molecule has 1 atom stereocenters. The molecule has 1 aromatic carbocycles. The lowest BCUT2D eigenvalue weighted by Crippen LogP contribution is -2.31. The van der Waals surface area contributed by atoms with Crippen LogP contribution in [-0.4, -0.2) is 32.6 Å². The van der Waals surface area contributed by atoms with Gasteiger partial charge in [-0.15, -0.1) is 0 Å². The molecular formula is C16H17N5O2. The van der Waals surface area contributed by atoms with E-state index in [1.54, 1.807) is 4.68 Å². The summed E-state index contributed by atoms with van der Waals surface area (Å²) >= 11 is 0. The van der Waals surface area contributed by atoms with E-state index < -0.39 is 0 Å². The predicted molar refractivity (Wildman–Crippen MR) is 83.1 cm³/mol. The van der Waals surface area contributed by atoms with Crippen molar-refractivity contribution in [3.05, 3.63) is 41.1 Å². The van der Waals surface area contributed by atoms with Crippen molar-refractivity contribution in [2.75, 3.05) is 11.9 Å². The number of fused-ring (bicyclic) bond motifs is 1. The maximum Gasteiger partial charge on any atom is 0.248 e. The number of carbonyl (C=O) groups is 1. The van der Waals surface area contributed by atoms with Gasteiger partial charge in [-0.1, -0.05) is 17.2 Å². The minimum absolute atomic E-state index is 0.166. The molecule has 0 unspecified atom stereocenters. The van der Waals surface area contributed by atoms with Gasteiger partial charge in [0.05, 0.1) is 6.61 Å². The molecule has 23 heavy (non-hydrogen) atoms. The molecule has 1 aliphatic heterocycles. The largest absolute Gasteiger partial charge is 0.494 e. The van der Waals surface area contributed by atoms with Gasteiger partial charge < -0.3 is 10.1 Å². The zero-order valence-corrected chi connectivity index (χ0v) is 12.8. The maximum atomic E-state index is 12.5. The molecule has 7 heteroatoms. The van der Waals surface area contributed by atoms with Crippen molar-refractivity contribution in [1.29, 1.82) is 0 Å². The van der Waals surface area contributed by atoms with E-state index in [9.17, 15) is 4.79 Å². The number of benzene rings is 1. The third kappa shape index (κ3) is 2.28. The Hall–Kier alpha value is -2.70. The summed E-state index contributed by atoms with van der Waals surface area (Å²) in [6.45, 7) is 2.57. The van der Waals surface area contributed by atoms with Crippen molar-refractivity contribution in [3.63, 3.8) is 0 Å². The van der Waals surface area contributed by atoms with Crippen LogP contribution in [0.25, 0.3) is 0 Å². The summed E-state index contributed by atoms with van der Waals surface area (Å²) in [6.07, 6.45) is 2.29. The van der Waals surface area contributed by atoms with Gasteiger partial charge in [0, 0.05) is 17.7 Å². The number of aromatic nitrogens is 4. The molecule has 0 radical (unpaired) electrons. The van der Waals surface area contributed by atoms with E-state index >= 15 is 0 Å². The van der Waals surface area contributed by atoms with Crippen LogP contribution in [0.1, 0.15) is 37.8 Å². The van der Waals surface area contributed by atoms with Gasteiger partial charge in [0.1, 0.15) is 11.8 Å². The van der Waals surface area contributed by atoms with Gasteiger partial charge in [-0.25, -0.2) is 0 Å². The minimum atomic E-state index is -0.278. The number of allylic oxidation sites excluding steroid dienone is 2. The second-order valence-electron chi connectivity index (χ2n) is 5.65. The lowest BCUT2D eigenvalue weighted by Gasteiger charge is -2.31. The fourth-order valence-corrected chi connectivity index (χ4v) is 3.24. The maximum absolute atomic E-state index is 12.5. The summed E-state index contributed by atoms with van der Waals surface area (Å²) in [5.41, 5.74) is 2.70. The number of ketones is 1. The first kappa shape index (κ1) is 13.9. The van der Waals surface area contributed by atoms with Crippen molar-refractivity contribution < 1.29 is 9.53 Å². The van der Waals surface area contributed by atoms with Crippen molar-refractivity contribution in [2.45, 2.75) is 32.2 Å². The van der Waals surface area contributed by atoms with Gasteiger partial charge >= 0.3 is 0 Å². The minimum Gasteiger partial charge on any atom is -0.494 e. The first-order chi connectivity index (χ1) is 11.3. The number of ether oxygens (including phenoxy) is 1. The van der Waals surface area contributed by atoms with Gasteiger partial charge in [0.25, 0.3) is 0 Å². The van der Waals surface area contributed by atoms with Gasteiger partial charge in [-0.05, 0) is 47.9 Å². The third-order valence-corrected chi connectivity index (χ3v) is 4.24. The van der Waals surface area contributed by atoms with Crippen molar-refractivity contribution in [2.24, 2.45) is 0 Å². The highest BCUT2D eigenvalue weighted by molar-refractivity contribution is 5.99. The number of nitrogens with one attached hydrogen (secondary N) is 1. The van der Waals surface area contributed by atoms with Crippen molar-refractivity contribution in [3.8, 4) is 5.75 Å². The fourth-order valence-electron chi connectivity index (χ4n) is 3.24. The van der Waals surface area contributed by atoms with E-state index in [4.69, 9.17) is 4.74 Å². The molecule has 0 saturated heterocycles. The van der Waals surface area contributed by atoms with Crippen LogP contribution in [0, 0.1) is 0 Å². The third-order valence-electron chi connectivity index (χ3n) is 4.24. The lowest BCUT2D eigenvalue weighted by atomic mass is 9.85. The summed E-state index contributed by atoms with van der Waals surface area (Å²) in [5.74, 6) is 1.56. The van der Waals surface area contributed by atoms with Crippen LogP contribution < -0.4 is 10.1 Å². The summed E-state index contributed by atoms with van der Waals surface area (Å²) in [4.78, 5) is 12.5. The average Bonchev–Trinajstić information content (AvgIpc) is 3.02. The van der Waals surface area contributed by atoms with E-state index in [1.165, 1.54) is 0 Å². The Bertz CT molecular complexity index is 778. The molecule has 0 amide bonds.